The zero-order valence-electron chi connectivity index (χ0n) is 12.7. The molecule has 0 aromatic rings. The van der Waals surface area contributed by atoms with Gasteiger partial charge in [-0.2, -0.15) is 4.67 Å². The molecule has 5 aliphatic heterocycles. The second kappa shape index (κ2) is 5.19. The molecule has 0 saturated carbocycles. The average Bonchev–Trinajstić information content (AvgIpc) is 3.34. The average molecular weight is 385 g/mol. The summed E-state index contributed by atoms with van der Waals surface area (Å²) in [6.07, 6.45) is -13.0. The Bertz CT molecular complexity index is 634. The number of hydrogen-bond acceptors (Lipinski definition) is 11. The molecule has 0 aromatic heterocycles. The van der Waals surface area contributed by atoms with Crippen LogP contribution in [0, 0.1) is 0 Å². The van der Waals surface area contributed by atoms with E-state index in [0.717, 1.165) is 4.67 Å². The maximum atomic E-state index is 12.7. The largest absolute Gasteiger partial charge is 0.394 e. The van der Waals surface area contributed by atoms with Gasteiger partial charge >= 0.3 is 0 Å². The molecular weight excluding hydrogens is 365 g/mol. The van der Waals surface area contributed by atoms with Crippen LogP contribution in [0.5, 0.6) is 0 Å². The van der Waals surface area contributed by atoms with Gasteiger partial charge in [0.1, 0.15) is 42.9 Å². The molecular formula is C12H20NO11P. The molecule has 5 rings (SSSR count). The van der Waals surface area contributed by atoms with Gasteiger partial charge in [-0.15, -0.1) is 0 Å². The van der Waals surface area contributed by atoms with Gasteiger partial charge in [0, 0.05) is 0 Å². The second-order valence-corrected chi connectivity index (χ2v) is 9.78. The maximum Gasteiger partial charge on any atom is 0.215 e. The van der Waals surface area contributed by atoms with Crippen LogP contribution in [0.2, 0.25) is 0 Å². The van der Waals surface area contributed by atoms with Gasteiger partial charge < -0.3 is 54.9 Å². The molecule has 0 radical (unpaired) electrons. The lowest BCUT2D eigenvalue weighted by Gasteiger charge is -2.48. The molecule has 12 atom stereocenters. The standard InChI is InChI=1S/C12H20NO11P/c14-1-3-7(4(16)5(17)10(20)23-3)24-9-6(18)8(19)12(21)11(2-15)13(9)25(11,12)22/h3-10,14-21H,1-2H2/t3-,4-,5-,6-,7-,8+,9+,10-,11-,12-,13?,25?/m1/s1. The summed E-state index contributed by atoms with van der Waals surface area (Å²) in [5.41, 5.74) is 0. The number of piperidine rings is 1. The van der Waals surface area contributed by atoms with Crippen LogP contribution in [0.3, 0.4) is 0 Å². The molecule has 5 fully saturated rings. The molecule has 8 N–H and O–H groups in total. The molecule has 0 amide bonds. The van der Waals surface area contributed by atoms with Gasteiger partial charge in [0.25, 0.3) is 0 Å². The highest BCUT2D eigenvalue weighted by Crippen LogP contribution is 3.09. The van der Waals surface area contributed by atoms with E-state index in [1.54, 1.807) is 0 Å². The summed E-state index contributed by atoms with van der Waals surface area (Å²) in [6.45, 7) is -1.44. The van der Waals surface area contributed by atoms with Gasteiger partial charge in [0.2, 0.25) is 7.29 Å². The topological polar surface area (TPSA) is 200 Å². The minimum Gasteiger partial charge on any atom is -0.394 e. The van der Waals surface area contributed by atoms with Gasteiger partial charge in [-0.1, -0.05) is 0 Å². The van der Waals surface area contributed by atoms with Crippen molar-refractivity contribution in [1.82, 2.24) is 4.67 Å². The van der Waals surface area contributed by atoms with E-state index < -0.39 is 80.3 Å². The minimum absolute atomic E-state index is 0.705. The van der Waals surface area contributed by atoms with E-state index in [2.05, 4.69) is 0 Å². The Morgan fingerprint density at radius 1 is 1.08 bits per heavy atom. The molecule has 144 valence electrons. The van der Waals surface area contributed by atoms with E-state index in [1.165, 1.54) is 0 Å². The van der Waals surface area contributed by atoms with Crippen molar-refractivity contribution >= 4 is 7.29 Å². The summed E-state index contributed by atoms with van der Waals surface area (Å²) in [7, 11) is -3.57. The fourth-order valence-electron chi connectivity index (χ4n) is 4.30. The lowest BCUT2D eigenvalue weighted by molar-refractivity contribution is -0.320. The predicted octanol–water partition coefficient (Wildman–Crippen LogP) is -5.15. The van der Waals surface area contributed by atoms with Crippen LogP contribution < -0.4 is 0 Å². The van der Waals surface area contributed by atoms with E-state index in [9.17, 15) is 45.4 Å². The third kappa shape index (κ3) is 1.69. The summed E-state index contributed by atoms with van der Waals surface area (Å²) < 4.78 is 24.1. The molecule has 13 heteroatoms. The van der Waals surface area contributed by atoms with Crippen molar-refractivity contribution in [3.63, 3.8) is 0 Å². The molecule has 5 aliphatic rings. The van der Waals surface area contributed by atoms with Crippen molar-refractivity contribution in [2.75, 3.05) is 13.2 Å². The summed E-state index contributed by atoms with van der Waals surface area (Å²) in [4.78, 5) is 0. The summed E-state index contributed by atoms with van der Waals surface area (Å²) in [5.74, 6) is 0. The molecule has 0 aromatic carbocycles. The first-order valence-corrected chi connectivity index (χ1v) is 9.36. The summed E-state index contributed by atoms with van der Waals surface area (Å²) >= 11 is 0. The van der Waals surface area contributed by atoms with Crippen molar-refractivity contribution in [1.29, 1.82) is 0 Å². The van der Waals surface area contributed by atoms with Crippen LogP contribution in [-0.4, -0.2) is 119 Å². The van der Waals surface area contributed by atoms with Crippen LogP contribution in [-0.2, 0) is 14.0 Å². The molecule has 0 spiro atoms. The lowest BCUT2D eigenvalue weighted by atomic mass is 9.94. The Hall–Kier alpha value is -0.210. The van der Waals surface area contributed by atoms with Crippen molar-refractivity contribution in [2.45, 2.75) is 59.8 Å². The van der Waals surface area contributed by atoms with E-state index in [0.29, 0.717) is 0 Å². The summed E-state index contributed by atoms with van der Waals surface area (Å²) in [5, 5.41) is 74.9. The highest BCUT2D eigenvalue weighted by atomic mass is 31.2. The van der Waals surface area contributed by atoms with Crippen LogP contribution in [0.15, 0.2) is 0 Å². The SMILES string of the molecule is O=P12N3[C@@H](O[C@H]4[C@H](O)[C@@H](O)[C@H](O)O[C@@H]4CO)[C@H](O)[C@H](O)[C@]1(O)[C@]32CO. The van der Waals surface area contributed by atoms with E-state index >= 15 is 0 Å². The lowest BCUT2D eigenvalue weighted by Crippen LogP contribution is -2.68. The number of nitrogens with zero attached hydrogens (tertiary/aromatic N) is 1. The van der Waals surface area contributed by atoms with Gasteiger partial charge in [-0.3, -0.25) is 0 Å². The smallest absolute Gasteiger partial charge is 0.215 e. The Morgan fingerprint density at radius 2 is 1.72 bits per heavy atom. The third-order valence-corrected chi connectivity index (χ3v) is 9.79. The minimum atomic E-state index is -3.57. The zero-order chi connectivity index (χ0) is 18.5. The van der Waals surface area contributed by atoms with Crippen molar-refractivity contribution < 1.29 is 54.9 Å². The molecule has 0 aliphatic carbocycles. The van der Waals surface area contributed by atoms with Crippen LogP contribution in [0.1, 0.15) is 0 Å². The Balaban J connectivity index is 1.60. The second-order valence-electron chi connectivity index (χ2n) is 6.78. The maximum absolute atomic E-state index is 12.7. The first kappa shape index (κ1) is 18.2. The molecule has 2 bridgehead atoms. The Kier molecular flexibility index (Phi) is 3.77. The molecule has 5 saturated heterocycles. The number of hydrogen-bond donors (Lipinski definition) is 8. The highest BCUT2D eigenvalue weighted by molar-refractivity contribution is 7.81. The van der Waals surface area contributed by atoms with Gasteiger partial charge in [-0.25, -0.2) is 0 Å². The zero-order valence-corrected chi connectivity index (χ0v) is 13.6. The number of aliphatic hydroxyl groups is 8. The van der Waals surface area contributed by atoms with Crippen LogP contribution in [0.4, 0.5) is 0 Å². The number of aliphatic hydroxyl groups excluding tert-OH is 7. The van der Waals surface area contributed by atoms with Gasteiger partial charge in [0.15, 0.2) is 16.9 Å². The molecule has 25 heavy (non-hydrogen) atoms. The summed E-state index contributed by atoms with van der Waals surface area (Å²) in [6, 6.07) is 0. The van der Waals surface area contributed by atoms with E-state index in [1.807, 2.05) is 0 Å². The fraction of sp³-hybridized carbons (Fsp3) is 1.00. The number of fused-ring (bicyclic) bond motifs is 2. The van der Waals surface area contributed by atoms with Gasteiger partial charge in [-0.05, 0) is 0 Å². The fourth-order valence-corrected chi connectivity index (χ4v) is 8.56. The monoisotopic (exact) mass is 385 g/mol. The van der Waals surface area contributed by atoms with Crippen LogP contribution in [0.25, 0.3) is 0 Å². The van der Waals surface area contributed by atoms with E-state index in [-0.39, 0.29) is 0 Å². The molecule has 2 unspecified atom stereocenters. The van der Waals surface area contributed by atoms with Crippen molar-refractivity contribution in [3.05, 3.63) is 0 Å². The first-order valence-electron chi connectivity index (χ1n) is 7.70. The van der Waals surface area contributed by atoms with Crippen LogP contribution >= 0.6 is 7.29 Å². The quantitative estimate of drug-likeness (QED) is 0.169. The third-order valence-electron chi connectivity index (χ3n) is 5.77. The normalized spacial score (nSPS) is 65.4. The molecule has 12 nitrogen and oxygen atoms in total. The predicted molar refractivity (Wildman–Crippen MR) is 74.9 cm³/mol. The Labute approximate surface area is 140 Å². The number of ether oxygens (including phenoxy) is 2. The van der Waals surface area contributed by atoms with Crippen molar-refractivity contribution in [3.8, 4) is 0 Å². The van der Waals surface area contributed by atoms with Gasteiger partial charge in [0.05, 0.1) is 13.2 Å². The highest BCUT2D eigenvalue weighted by Gasteiger charge is 3.11. The first-order chi connectivity index (χ1) is 11.6. The molecule has 5 heterocycles. The number of rotatable bonds is 4. The van der Waals surface area contributed by atoms with E-state index in [4.69, 9.17) is 9.47 Å². The van der Waals surface area contributed by atoms with Crippen molar-refractivity contribution in [2.24, 2.45) is 0 Å². The Morgan fingerprint density at radius 3 is 2.24 bits per heavy atom.